The van der Waals surface area contributed by atoms with Crippen LogP contribution < -0.4 is 10.0 Å². The molecule has 2 aromatic rings. The molecule has 1 aromatic heterocycles. The predicted octanol–water partition coefficient (Wildman–Crippen LogP) is 2.23. The molecule has 1 aliphatic carbocycles. The molecule has 1 aliphatic rings. The minimum atomic E-state index is -3.37. The van der Waals surface area contributed by atoms with Crippen LogP contribution in [0.4, 0.5) is 0 Å². The molecular formula is C17H21N3O2S. The summed E-state index contributed by atoms with van der Waals surface area (Å²) in [6.07, 6.45) is 6.15. The van der Waals surface area contributed by atoms with Crippen LogP contribution in [0.15, 0.2) is 53.7 Å². The summed E-state index contributed by atoms with van der Waals surface area (Å²) in [6, 6.07) is 11.4. The number of pyridine rings is 1. The molecule has 0 saturated heterocycles. The molecule has 0 radical (unpaired) electrons. The number of hydrogen-bond donors (Lipinski definition) is 2. The fourth-order valence-electron chi connectivity index (χ4n) is 2.69. The van der Waals surface area contributed by atoms with Gasteiger partial charge in [0.25, 0.3) is 0 Å². The molecule has 1 aromatic carbocycles. The monoisotopic (exact) mass is 331 g/mol. The van der Waals surface area contributed by atoms with E-state index in [0.29, 0.717) is 18.5 Å². The van der Waals surface area contributed by atoms with E-state index in [4.69, 9.17) is 0 Å². The Balaban J connectivity index is 1.67. The first-order chi connectivity index (χ1) is 11.1. The van der Waals surface area contributed by atoms with Gasteiger partial charge in [-0.2, -0.15) is 0 Å². The third kappa shape index (κ3) is 3.96. The second-order valence-corrected chi connectivity index (χ2v) is 7.71. The molecule has 1 unspecified atom stereocenters. The molecule has 6 heteroatoms. The lowest BCUT2D eigenvalue weighted by Crippen LogP contribution is -2.23. The summed E-state index contributed by atoms with van der Waals surface area (Å²) >= 11 is 0. The highest BCUT2D eigenvalue weighted by atomic mass is 32.2. The van der Waals surface area contributed by atoms with Gasteiger partial charge in [0.05, 0.1) is 4.90 Å². The largest absolute Gasteiger partial charge is 0.306 e. The van der Waals surface area contributed by atoms with Crippen LogP contribution in [0.25, 0.3) is 0 Å². The fourth-order valence-corrected chi connectivity index (χ4v) is 3.42. The van der Waals surface area contributed by atoms with Crippen LogP contribution in [0.2, 0.25) is 0 Å². The molecule has 0 bridgehead atoms. The molecule has 1 atom stereocenters. The van der Waals surface area contributed by atoms with Crippen molar-refractivity contribution in [2.75, 3.05) is 7.05 Å². The molecule has 1 saturated carbocycles. The molecule has 1 heterocycles. The predicted molar refractivity (Wildman–Crippen MR) is 89.2 cm³/mol. The van der Waals surface area contributed by atoms with Crippen LogP contribution in [0, 0.1) is 5.92 Å². The zero-order valence-corrected chi connectivity index (χ0v) is 13.9. The van der Waals surface area contributed by atoms with Crippen molar-refractivity contribution < 1.29 is 8.42 Å². The molecule has 0 aliphatic heterocycles. The van der Waals surface area contributed by atoms with Crippen molar-refractivity contribution in [3.05, 3.63) is 59.9 Å². The van der Waals surface area contributed by atoms with Gasteiger partial charge in [-0.3, -0.25) is 4.98 Å². The SMILES string of the molecule is CNS(=O)(=O)c1ccc(CNC(c2ccncc2)C2CC2)cc1. The minimum absolute atomic E-state index is 0.289. The van der Waals surface area contributed by atoms with Gasteiger partial charge >= 0.3 is 0 Å². The number of aromatic nitrogens is 1. The first kappa shape index (κ1) is 16.1. The summed E-state index contributed by atoms with van der Waals surface area (Å²) in [4.78, 5) is 4.36. The molecule has 3 rings (SSSR count). The second kappa shape index (κ2) is 6.78. The van der Waals surface area contributed by atoms with Gasteiger partial charge in [-0.05, 0) is 61.2 Å². The van der Waals surface area contributed by atoms with E-state index in [1.54, 1.807) is 12.1 Å². The van der Waals surface area contributed by atoms with E-state index in [9.17, 15) is 8.42 Å². The molecule has 0 amide bonds. The van der Waals surface area contributed by atoms with Gasteiger partial charge < -0.3 is 5.32 Å². The van der Waals surface area contributed by atoms with Crippen LogP contribution in [-0.2, 0) is 16.6 Å². The Kier molecular flexibility index (Phi) is 4.75. The first-order valence-electron chi connectivity index (χ1n) is 7.76. The lowest BCUT2D eigenvalue weighted by Gasteiger charge is -2.18. The Morgan fingerprint density at radius 3 is 2.35 bits per heavy atom. The zero-order valence-electron chi connectivity index (χ0n) is 13.1. The lowest BCUT2D eigenvalue weighted by atomic mass is 10.0. The third-order valence-corrected chi connectivity index (χ3v) is 5.62. The summed E-state index contributed by atoms with van der Waals surface area (Å²) in [7, 11) is -1.95. The van der Waals surface area contributed by atoms with E-state index in [0.717, 1.165) is 5.56 Å². The second-order valence-electron chi connectivity index (χ2n) is 5.83. The molecule has 122 valence electrons. The average Bonchev–Trinajstić information content (AvgIpc) is 3.41. The summed E-state index contributed by atoms with van der Waals surface area (Å²) in [5.74, 6) is 0.682. The Hall–Kier alpha value is -1.76. The highest BCUT2D eigenvalue weighted by Gasteiger charge is 2.31. The van der Waals surface area contributed by atoms with Crippen molar-refractivity contribution in [2.45, 2.75) is 30.3 Å². The van der Waals surface area contributed by atoms with Crippen molar-refractivity contribution in [1.82, 2.24) is 15.0 Å². The Labute approximate surface area is 137 Å². The maximum atomic E-state index is 11.7. The molecule has 0 spiro atoms. The number of benzene rings is 1. The molecule has 2 N–H and O–H groups in total. The number of hydrogen-bond acceptors (Lipinski definition) is 4. The summed E-state index contributed by atoms with van der Waals surface area (Å²) in [5, 5.41) is 3.59. The van der Waals surface area contributed by atoms with Gasteiger partial charge in [0, 0.05) is 25.0 Å². The minimum Gasteiger partial charge on any atom is -0.306 e. The van der Waals surface area contributed by atoms with E-state index in [1.807, 2.05) is 24.5 Å². The maximum absolute atomic E-state index is 11.7. The fraction of sp³-hybridized carbons (Fsp3) is 0.353. The highest BCUT2D eigenvalue weighted by Crippen LogP contribution is 2.40. The van der Waals surface area contributed by atoms with Gasteiger partial charge in [-0.1, -0.05) is 12.1 Å². The van der Waals surface area contributed by atoms with Crippen LogP contribution in [-0.4, -0.2) is 20.4 Å². The number of nitrogens with zero attached hydrogens (tertiary/aromatic N) is 1. The van der Waals surface area contributed by atoms with Gasteiger partial charge in [0.1, 0.15) is 0 Å². The van der Waals surface area contributed by atoms with Crippen molar-refractivity contribution in [2.24, 2.45) is 5.92 Å². The molecule has 5 nitrogen and oxygen atoms in total. The summed E-state index contributed by atoms with van der Waals surface area (Å²) in [5.41, 5.74) is 2.33. The number of nitrogens with one attached hydrogen (secondary N) is 2. The van der Waals surface area contributed by atoms with Gasteiger partial charge in [-0.15, -0.1) is 0 Å². The topological polar surface area (TPSA) is 71.1 Å². The van der Waals surface area contributed by atoms with E-state index in [1.165, 1.54) is 25.5 Å². The molecule has 23 heavy (non-hydrogen) atoms. The summed E-state index contributed by atoms with van der Waals surface area (Å²) < 4.78 is 25.8. The van der Waals surface area contributed by atoms with Crippen LogP contribution >= 0.6 is 0 Å². The number of sulfonamides is 1. The van der Waals surface area contributed by atoms with E-state index in [2.05, 4.69) is 27.2 Å². The Morgan fingerprint density at radius 2 is 1.78 bits per heavy atom. The molecular weight excluding hydrogens is 310 g/mol. The van der Waals surface area contributed by atoms with Gasteiger partial charge in [0.15, 0.2) is 0 Å². The first-order valence-corrected chi connectivity index (χ1v) is 9.24. The zero-order chi connectivity index (χ0) is 16.3. The Bertz CT molecular complexity index is 741. The Morgan fingerprint density at radius 1 is 1.13 bits per heavy atom. The van der Waals surface area contributed by atoms with Gasteiger partial charge in [0.2, 0.25) is 10.0 Å². The molecule has 1 fully saturated rings. The van der Waals surface area contributed by atoms with Gasteiger partial charge in [-0.25, -0.2) is 13.1 Å². The average molecular weight is 331 g/mol. The van der Waals surface area contributed by atoms with E-state index in [-0.39, 0.29) is 4.90 Å². The van der Waals surface area contributed by atoms with Crippen LogP contribution in [0.3, 0.4) is 0 Å². The smallest absolute Gasteiger partial charge is 0.240 e. The van der Waals surface area contributed by atoms with Crippen molar-refractivity contribution in [3.8, 4) is 0 Å². The van der Waals surface area contributed by atoms with Crippen molar-refractivity contribution in [3.63, 3.8) is 0 Å². The quantitative estimate of drug-likeness (QED) is 0.816. The summed E-state index contributed by atoms with van der Waals surface area (Å²) in [6.45, 7) is 0.712. The highest BCUT2D eigenvalue weighted by molar-refractivity contribution is 7.89. The number of rotatable bonds is 7. The standard InChI is InChI=1S/C17H21N3O2S/c1-18-23(21,22)16-6-2-13(3-7-16)12-20-17(14-4-5-14)15-8-10-19-11-9-15/h2-3,6-11,14,17-18,20H,4-5,12H2,1H3. The lowest BCUT2D eigenvalue weighted by molar-refractivity contribution is 0.480. The van der Waals surface area contributed by atoms with E-state index >= 15 is 0 Å². The third-order valence-electron chi connectivity index (χ3n) is 4.19. The van der Waals surface area contributed by atoms with Crippen LogP contribution in [0.1, 0.15) is 30.0 Å². The van der Waals surface area contributed by atoms with Crippen molar-refractivity contribution in [1.29, 1.82) is 0 Å². The normalized spacial score (nSPS) is 16.2. The maximum Gasteiger partial charge on any atom is 0.240 e. The van der Waals surface area contributed by atoms with E-state index < -0.39 is 10.0 Å². The van der Waals surface area contributed by atoms with Crippen molar-refractivity contribution >= 4 is 10.0 Å². The van der Waals surface area contributed by atoms with Crippen LogP contribution in [0.5, 0.6) is 0 Å².